The molecule has 1 fully saturated rings. The van der Waals surface area contributed by atoms with Gasteiger partial charge in [0, 0.05) is 30.8 Å². The summed E-state index contributed by atoms with van der Waals surface area (Å²) in [5.41, 5.74) is 0. The molecular formula is C11H16N4O3S2. The lowest BCUT2D eigenvalue weighted by atomic mass is 10.3. The fraction of sp³-hybridized carbons (Fsp3) is 0.545. The number of ether oxygens (including phenoxy) is 1. The Hall–Kier alpha value is -1.16. The largest absolute Gasteiger partial charge is 0.380 e. The van der Waals surface area contributed by atoms with Crippen LogP contribution in [0, 0.1) is 0 Å². The summed E-state index contributed by atoms with van der Waals surface area (Å²) < 4.78 is 34.7. The van der Waals surface area contributed by atoms with E-state index in [1.54, 1.807) is 10.6 Å². The zero-order chi connectivity index (χ0) is 14.2. The molecule has 1 saturated heterocycles. The van der Waals surface area contributed by atoms with Crippen molar-refractivity contribution in [3.05, 3.63) is 11.6 Å². The first-order chi connectivity index (χ1) is 9.62. The van der Waals surface area contributed by atoms with Crippen molar-refractivity contribution >= 4 is 32.1 Å². The van der Waals surface area contributed by atoms with Gasteiger partial charge >= 0.3 is 0 Å². The Bertz CT molecular complexity index is 700. The maximum Gasteiger partial charge on any atom is 0.260 e. The van der Waals surface area contributed by atoms with Crippen molar-refractivity contribution in [1.82, 2.24) is 14.1 Å². The van der Waals surface area contributed by atoms with Crippen molar-refractivity contribution in [2.75, 3.05) is 25.1 Å². The van der Waals surface area contributed by atoms with Crippen LogP contribution in [0.3, 0.4) is 0 Å². The third-order valence-corrected chi connectivity index (χ3v) is 5.37. The number of fused-ring (bicyclic) bond motifs is 1. The molecule has 3 rings (SSSR count). The lowest BCUT2D eigenvalue weighted by molar-refractivity contribution is 0.192. The minimum absolute atomic E-state index is 0.168. The summed E-state index contributed by atoms with van der Waals surface area (Å²) in [4.78, 5) is 4.98. The molecular weight excluding hydrogens is 300 g/mol. The van der Waals surface area contributed by atoms with E-state index < -0.39 is 10.0 Å². The standard InChI is InChI=1S/C11H16N4O3S2/c1-2-12-9-10(15-4-6-19-11(15)13-9)20(16,17)14-8-3-5-18-7-8/h4,6,8,12,14H,2-3,5,7H2,1H3. The smallest absolute Gasteiger partial charge is 0.260 e. The molecule has 1 aliphatic rings. The van der Waals surface area contributed by atoms with E-state index in [0.717, 1.165) is 0 Å². The molecule has 2 aromatic heterocycles. The van der Waals surface area contributed by atoms with E-state index in [0.29, 0.717) is 37.0 Å². The van der Waals surface area contributed by atoms with E-state index >= 15 is 0 Å². The van der Waals surface area contributed by atoms with E-state index in [1.165, 1.54) is 11.3 Å². The summed E-state index contributed by atoms with van der Waals surface area (Å²) in [6.07, 6.45) is 2.41. The van der Waals surface area contributed by atoms with Crippen LogP contribution in [-0.4, -0.2) is 43.6 Å². The number of rotatable bonds is 5. The molecule has 1 atom stereocenters. The first-order valence-electron chi connectivity index (χ1n) is 6.41. The van der Waals surface area contributed by atoms with Crippen molar-refractivity contribution in [2.45, 2.75) is 24.4 Å². The molecule has 7 nitrogen and oxygen atoms in total. The van der Waals surface area contributed by atoms with Crippen molar-refractivity contribution in [3.63, 3.8) is 0 Å². The number of anilines is 1. The molecule has 0 saturated carbocycles. The van der Waals surface area contributed by atoms with Crippen LogP contribution < -0.4 is 10.0 Å². The summed E-state index contributed by atoms with van der Waals surface area (Å²) in [7, 11) is -3.64. The molecule has 0 amide bonds. The highest BCUT2D eigenvalue weighted by Crippen LogP contribution is 2.26. The summed E-state index contributed by atoms with van der Waals surface area (Å²) in [5.74, 6) is 0.394. The Morgan fingerprint density at radius 3 is 3.15 bits per heavy atom. The van der Waals surface area contributed by atoms with Gasteiger partial charge in [-0.2, -0.15) is 0 Å². The van der Waals surface area contributed by atoms with Gasteiger partial charge in [0.15, 0.2) is 15.8 Å². The van der Waals surface area contributed by atoms with Crippen molar-refractivity contribution < 1.29 is 13.2 Å². The van der Waals surface area contributed by atoms with Gasteiger partial charge < -0.3 is 10.1 Å². The van der Waals surface area contributed by atoms with Crippen LogP contribution in [0.2, 0.25) is 0 Å². The minimum Gasteiger partial charge on any atom is -0.380 e. The van der Waals surface area contributed by atoms with Gasteiger partial charge in [0.1, 0.15) is 0 Å². The SMILES string of the molecule is CCNc1nc2sccn2c1S(=O)(=O)NC1CCOC1. The molecule has 2 aromatic rings. The van der Waals surface area contributed by atoms with Crippen LogP contribution in [0.5, 0.6) is 0 Å². The Morgan fingerprint density at radius 2 is 2.45 bits per heavy atom. The van der Waals surface area contributed by atoms with Gasteiger partial charge in [-0.05, 0) is 13.3 Å². The zero-order valence-electron chi connectivity index (χ0n) is 11.0. The average Bonchev–Trinajstić information content (AvgIpc) is 3.04. The van der Waals surface area contributed by atoms with Crippen molar-refractivity contribution in [1.29, 1.82) is 0 Å². The quantitative estimate of drug-likeness (QED) is 0.856. The number of aromatic nitrogens is 2. The summed E-state index contributed by atoms with van der Waals surface area (Å²) in [6, 6.07) is -0.168. The number of sulfonamides is 1. The first-order valence-corrected chi connectivity index (χ1v) is 8.77. The number of nitrogens with zero attached hydrogens (tertiary/aromatic N) is 2. The van der Waals surface area contributed by atoms with Crippen LogP contribution in [-0.2, 0) is 14.8 Å². The van der Waals surface area contributed by atoms with Gasteiger partial charge in [0.25, 0.3) is 10.0 Å². The topological polar surface area (TPSA) is 84.7 Å². The van der Waals surface area contributed by atoms with Gasteiger partial charge in [-0.3, -0.25) is 4.40 Å². The van der Waals surface area contributed by atoms with Crippen LogP contribution >= 0.6 is 11.3 Å². The highest BCUT2D eigenvalue weighted by molar-refractivity contribution is 7.89. The Labute approximate surface area is 121 Å². The Morgan fingerprint density at radius 1 is 1.60 bits per heavy atom. The normalized spacial score (nSPS) is 19.8. The van der Waals surface area contributed by atoms with E-state index in [-0.39, 0.29) is 11.1 Å². The van der Waals surface area contributed by atoms with Gasteiger partial charge in [-0.1, -0.05) is 0 Å². The number of imidazole rings is 1. The Balaban J connectivity index is 2.01. The molecule has 9 heteroatoms. The number of nitrogens with one attached hydrogen (secondary N) is 2. The lowest BCUT2D eigenvalue weighted by Crippen LogP contribution is -2.36. The molecule has 1 aliphatic heterocycles. The summed E-state index contributed by atoms with van der Waals surface area (Å²) >= 11 is 1.40. The van der Waals surface area contributed by atoms with E-state index in [4.69, 9.17) is 4.74 Å². The predicted molar refractivity (Wildman–Crippen MR) is 76.8 cm³/mol. The Kier molecular flexibility index (Phi) is 3.67. The maximum atomic E-state index is 12.6. The van der Waals surface area contributed by atoms with E-state index in [2.05, 4.69) is 15.0 Å². The van der Waals surface area contributed by atoms with Crippen molar-refractivity contribution in [2.24, 2.45) is 0 Å². The number of hydrogen-bond donors (Lipinski definition) is 2. The van der Waals surface area contributed by atoms with Crippen LogP contribution in [0.25, 0.3) is 4.96 Å². The van der Waals surface area contributed by atoms with Crippen LogP contribution in [0.1, 0.15) is 13.3 Å². The summed E-state index contributed by atoms with van der Waals surface area (Å²) in [6.45, 7) is 3.52. The fourth-order valence-electron chi connectivity index (χ4n) is 2.21. The first kappa shape index (κ1) is 13.8. The van der Waals surface area contributed by atoms with Gasteiger partial charge in [-0.25, -0.2) is 18.1 Å². The average molecular weight is 316 g/mol. The molecule has 0 spiro atoms. The van der Waals surface area contributed by atoms with Crippen LogP contribution in [0.4, 0.5) is 5.82 Å². The molecule has 110 valence electrons. The predicted octanol–water partition coefficient (Wildman–Crippen LogP) is 0.895. The number of thiazole rings is 1. The second-order valence-electron chi connectivity index (χ2n) is 4.53. The minimum atomic E-state index is -3.64. The second-order valence-corrected chi connectivity index (χ2v) is 7.04. The highest BCUT2D eigenvalue weighted by atomic mass is 32.2. The van der Waals surface area contributed by atoms with Gasteiger partial charge in [-0.15, -0.1) is 11.3 Å². The fourth-order valence-corrected chi connectivity index (χ4v) is 4.49. The molecule has 1 unspecified atom stereocenters. The molecule has 3 heterocycles. The molecule has 0 radical (unpaired) electrons. The number of hydrogen-bond acceptors (Lipinski definition) is 6. The highest BCUT2D eigenvalue weighted by Gasteiger charge is 2.29. The van der Waals surface area contributed by atoms with Crippen LogP contribution in [0.15, 0.2) is 16.6 Å². The summed E-state index contributed by atoms with van der Waals surface area (Å²) in [5, 5.41) is 4.99. The molecule has 20 heavy (non-hydrogen) atoms. The molecule has 2 N–H and O–H groups in total. The molecule has 0 aliphatic carbocycles. The van der Waals surface area contributed by atoms with E-state index in [1.807, 2.05) is 12.3 Å². The zero-order valence-corrected chi connectivity index (χ0v) is 12.6. The van der Waals surface area contributed by atoms with E-state index in [9.17, 15) is 8.42 Å². The monoisotopic (exact) mass is 316 g/mol. The second kappa shape index (κ2) is 5.32. The van der Waals surface area contributed by atoms with Gasteiger partial charge in [0.2, 0.25) is 0 Å². The molecule has 0 aromatic carbocycles. The lowest BCUT2D eigenvalue weighted by Gasteiger charge is -2.12. The van der Waals surface area contributed by atoms with Gasteiger partial charge in [0.05, 0.1) is 6.61 Å². The maximum absolute atomic E-state index is 12.6. The third-order valence-electron chi connectivity index (χ3n) is 3.07. The van der Waals surface area contributed by atoms with Crippen molar-refractivity contribution in [3.8, 4) is 0 Å². The molecule has 0 bridgehead atoms. The third kappa shape index (κ3) is 2.41.